The van der Waals surface area contributed by atoms with Gasteiger partial charge in [-0.15, -0.1) is 0 Å². The number of carbonyl (C=O) groups is 1. The van der Waals surface area contributed by atoms with Crippen molar-refractivity contribution in [1.82, 2.24) is 5.32 Å². The third-order valence-corrected chi connectivity index (χ3v) is 5.56. The van der Waals surface area contributed by atoms with E-state index in [2.05, 4.69) is 5.32 Å². The van der Waals surface area contributed by atoms with Gasteiger partial charge in [-0.2, -0.15) is 0 Å². The minimum Gasteiger partial charge on any atom is -0.382 e. The number of ether oxygens (including phenoxy) is 3. The fourth-order valence-corrected chi connectivity index (χ4v) is 4.01. The van der Waals surface area contributed by atoms with Crippen LogP contribution in [0.1, 0.15) is 37.8 Å². The lowest BCUT2D eigenvalue weighted by molar-refractivity contribution is -0.930. The summed E-state index contributed by atoms with van der Waals surface area (Å²) < 4.78 is 17.0. The Kier molecular flexibility index (Phi) is 7.49. The highest BCUT2D eigenvalue weighted by atomic mass is 35.5. The summed E-state index contributed by atoms with van der Waals surface area (Å²) in [6, 6.07) is 7.34. The van der Waals surface area contributed by atoms with E-state index in [1.165, 1.54) is 4.90 Å². The zero-order valence-corrected chi connectivity index (χ0v) is 16.7. The summed E-state index contributed by atoms with van der Waals surface area (Å²) in [5, 5.41) is 3.75. The molecule has 27 heavy (non-hydrogen) atoms. The summed E-state index contributed by atoms with van der Waals surface area (Å²) in [6.07, 6.45) is 2.43. The minimum atomic E-state index is -0.429. The van der Waals surface area contributed by atoms with Gasteiger partial charge in [0.1, 0.15) is 0 Å². The predicted octanol–water partition coefficient (Wildman–Crippen LogP) is 1.35. The molecule has 0 aliphatic carbocycles. The van der Waals surface area contributed by atoms with Crippen molar-refractivity contribution >= 4 is 17.5 Å². The van der Waals surface area contributed by atoms with Crippen molar-refractivity contribution in [3.05, 3.63) is 34.9 Å². The fraction of sp³-hybridized carbons (Fsp3) is 0.650. The molecule has 0 radical (unpaired) electrons. The number of nitrogens with one attached hydrogen (secondary N) is 2. The maximum atomic E-state index is 13.0. The van der Waals surface area contributed by atoms with Crippen LogP contribution in [0.5, 0.6) is 0 Å². The van der Waals surface area contributed by atoms with E-state index in [0.29, 0.717) is 38.0 Å². The van der Waals surface area contributed by atoms with E-state index in [0.717, 1.165) is 37.9 Å². The van der Waals surface area contributed by atoms with Gasteiger partial charge in [-0.05, 0) is 25.5 Å². The molecule has 2 heterocycles. The second kappa shape index (κ2) is 9.85. The fourth-order valence-electron chi connectivity index (χ4n) is 3.89. The van der Waals surface area contributed by atoms with Crippen LogP contribution in [0.2, 0.25) is 5.02 Å². The Morgan fingerprint density at radius 2 is 1.93 bits per heavy atom. The minimum absolute atomic E-state index is 0.0491. The van der Waals surface area contributed by atoms with Crippen LogP contribution in [-0.2, 0) is 19.0 Å². The maximum absolute atomic E-state index is 13.0. The van der Waals surface area contributed by atoms with Crippen LogP contribution in [0.25, 0.3) is 0 Å². The molecule has 1 amide bonds. The summed E-state index contributed by atoms with van der Waals surface area (Å²) in [5.41, 5.74) is 0.987. The highest BCUT2D eigenvalue weighted by Crippen LogP contribution is 2.28. The Bertz CT molecular complexity index is 595. The van der Waals surface area contributed by atoms with Crippen LogP contribution < -0.4 is 10.2 Å². The van der Waals surface area contributed by atoms with Crippen LogP contribution in [0.3, 0.4) is 0 Å². The van der Waals surface area contributed by atoms with Gasteiger partial charge in [0.05, 0.1) is 39.1 Å². The van der Waals surface area contributed by atoms with Gasteiger partial charge < -0.3 is 24.4 Å². The average Bonchev–Trinajstić information content (AvgIpc) is 3.13. The molecule has 0 saturated carbocycles. The van der Waals surface area contributed by atoms with E-state index in [4.69, 9.17) is 25.8 Å². The number of piperidine rings is 1. The molecule has 150 valence electrons. The number of hydrogen-bond donors (Lipinski definition) is 2. The Morgan fingerprint density at radius 3 is 2.56 bits per heavy atom. The van der Waals surface area contributed by atoms with E-state index < -0.39 is 5.79 Å². The summed E-state index contributed by atoms with van der Waals surface area (Å²) in [4.78, 5) is 14.2. The Labute approximate surface area is 166 Å². The van der Waals surface area contributed by atoms with Gasteiger partial charge in [0.2, 0.25) is 0 Å². The highest BCUT2D eigenvalue weighted by Gasteiger charge is 2.44. The third-order valence-electron chi connectivity index (χ3n) is 5.31. The zero-order chi connectivity index (χ0) is 19.1. The van der Waals surface area contributed by atoms with Crippen molar-refractivity contribution in [2.45, 2.75) is 38.0 Å². The summed E-state index contributed by atoms with van der Waals surface area (Å²) in [6.45, 7) is 6.94. The topological polar surface area (TPSA) is 61.2 Å². The smallest absolute Gasteiger partial charge is 0.283 e. The van der Waals surface area contributed by atoms with Crippen LogP contribution >= 0.6 is 11.6 Å². The van der Waals surface area contributed by atoms with Gasteiger partial charge in [-0.3, -0.25) is 4.79 Å². The van der Waals surface area contributed by atoms with E-state index >= 15 is 0 Å². The molecule has 1 atom stereocenters. The Morgan fingerprint density at radius 1 is 1.26 bits per heavy atom. The number of rotatable bonds is 8. The van der Waals surface area contributed by atoms with Crippen LogP contribution in [0, 0.1) is 0 Å². The Balaban J connectivity index is 1.64. The lowest BCUT2D eigenvalue weighted by Gasteiger charge is -2.38. The molecule has 2 saturated heterocycles. The molecule has 2 aliphatic heterocycles. The molecule has 1 aromatic carbocycles. The highest BCUT2D eigenvalue weighted by molar-refractivity contribution is 6.30. The lowest BCUT2D eigenvalue weighted by atomic mass is 9.97. The third kappa shape index (κ3) is 5.42. The number of quaternary nitrogens is 1. The number of halogens is 1. The van der Waals surface area contributed by atoms with Gasteiger partial charge >= 0.3 is 0 Å². The monoisotopic (exact) mass is 397 g/mol. The molecule has 0 bridgehead atoms. The first-order chi connectivity index (χ1) is 13.1. The molecule has 1 spiro atoms. The average molecular weight is 398 g/mol. The van der Waals surface area contributed by atoms with Gasteiger partial charge in [-0.1, -0.05) is 23.7 Å². The molecule has 6 nitrogen and oxygen atoms in total. The summed E-state index contributed by atoms with van der Waals surface area (Å²) in [5.74, 6) is -0.379. The molecular weight excluding hydrogens is 368 g/mol. The molecule has 3 rings (SSSR count). The first-order valence-corrected chi connectivity index (χ1v) is 10.2. The quantitative estimate of drug-likeness (QED) is 0.650. The standard InChI is InChI=1S/C20H29ClN2O4/c1-2-25-13-3-10-22-19(24)18(16-4-6-17(21)7-5-16)23-11-8-20(9-12-23)26-14-15-27-20/h4-7,18H,2-3,8-15H2,1H3,(H,22,24)/p+1. The SMILES string of the molecule is CCOCCCNC(=O)C(c1ccc(Cl)cc1)[NH+]1CCC2(CC1)OCCO2. The van der Waals surface area contributed by atoms with Crippen molar-refractivity contribution in [2.24, 2.45) is 0 Å². The van der Waals surface area contributed by atoms with E-state index in [1.54, 1.807) is 0 Å². The predicted molar refractivity (Wildman–Crippen MR) is 103 cm³/mol. The molecule has 0 aromatic heterocycles. The first-order valence-electron chi connectivity index (χ1n) is 9.87. The van der Waals surface area contributed by atoms with E-state index in [1.807, 2.05) is 31.2 Å². The van der Waals surface area contributed by atoms with Crippen molar-refractivity contribution < 1.29 is 23.9 Å². The number of likely N-dealkylation sites (tertiary alicyclic amines) is 1. The molecular formula is C20H30ClN2O4+. The van der Waals surface area contributed by atoms with Gasteiger partial charge in [0.15, 0.2) is 11.8 Å². The van der Waals surface area contributed by atoms with Crippen molar-refractivity contribution in [3.8, 4) is 0 Å². The molecule has 1 aromatic rings. The molecule has 2 N–H and O–H groups in total. The van der Waals surface area contributed by atoms with Crippen molar-refractivity contribution in [2.75, 3.05) is 46.1 Å². The summed E-state index contributed by atoms with van der Waals surface area (Å²) >= 11 is 6.04. The van der Waals surface area contributed by atoms with Gasteiger partial charge in [0.25, 0.3) is 5.91 Å². The number of amides is 1. The maximum Gasteiger partial charge on any atom is 0.283 e. The van der Waals surface area contributed by atoms with Crippen LogP contribution in [0.4, 0.5) is 0 Å². The number of hydrogen-bond acceptors (Lipinski definition) is 4. The van der Waals surface area contributed by atoms with E-state index in [9.17, 15) is 4.79 Å². The number of benzene rings is 1. The second-order valence-corrected chi connectivity index (χ2v) is 7.53. The van der Waals surface area contributed by atoms with E-state index in [-0.39, 0.29) is 11.9 Å². The molecule has 7 heteroatoms. The van der Waals surface area contributed by atoms with Crippen molar-refractivity contribution in [1.29, 1.82) is 0 Å². The van der Waals surface area contributed by atoms with Crippen LogP contribution in [-0.4, -0.2) is 57.8 Å². The molecule has 1 unspecified atom stereocenters. The molecule has 2 aliphatic rings. The van der Waals surface area contributed by atoms with Gasteiger partial charge in [0, 0.05) is 30.3 Å². The Hall–Kier alpha value is -1.18. The lowest BCUT2D eigenvalue weighted by Crippen LogP contribution is -3.15. The second-order valence-electron chi connectivity index (χ2n) is 7.09. The first kappa shape index (κ1) is 20.6. The largest absolute Gasteiger partial charge is 0.382 e. The van der Waals surface area contributed by atoms with Gasteiger partial charge in [-0.25, -0.2) is 0 Å². The zero-order valence-electron chi connectivity index (χ0n) is 16.0. The van der Waals surface area contributed by atoms with Crippen LogP contribution in [0.15, 0.2) is 24.3 Å². The summed E-state index contributed by atoms with van der Waals surface area (Å²) in [7, 11) is 0. The van der Waals surface area contributed by atoms with Crippen molar-refractivity contribution in [3.63, 3.8) is 0 Å². The molecule has 2 fully saturated rings. The normalized spacial score (nSPS) is 20.7. The number of carbonyl (C=O) groups excluding carboxylic acids is 1.